The van der Waals surface area contributed by atoms with Gasteiger partial charge in [0, 0.05) is 5.56 Å². The molecule has 0 saturated carbocycles. The highest BCUT2D eigenvalue weighted by molar-refractivity contribution is 5.80. The van der Waals surface area contributed by atoms with Gasteiger partial charge in [-0.2, -0.15) is 0 Å². The standard InChI is InChI=1S/C15H20O5/c1-5-15(13(20-15)14(16)19-6-2)10-8-7-9-11(17-3)12(10)18-4/h7-9,13H,5-6H2,1-4H3. The molecule has 0 aliphatic carbocycles. The highest BCUT2D eigenvalue weighted by atomic mass is 16.7. The molecule has 1 aromatic rings. The van der Waals surface area contributed by atoms with Crippen molar-refractivity contribution in [1.29, 1.82) is 0 Å². The molecule has 5 nitrogen and oxygen atoms in total. The van der Waals surface area contributed by atoms with Gasteiger partial charge in [0.25, 0.3) is 0 Å². The third-order valence-corrected chi connectivity index (χ3v) is 3.58. The smallest absolute Gasteiger partial charge is 0.338 e. The fraction of sp³-hybridized carbons (Fsp3) is 0.533. The first-order valence-electron chi connectivity index (χ1n) is 6.70. The minimum Gasteiger partial charge on any atom is -0.493 e. The molecule has 0 amide bonds. The largest absolute Gasteiger partial charge is 0.493 e. The van der Waals surface area contributed by atoms with E-state index < -0.39 is 11.7 Å². The van der Waals surface area contributed by atoms with Crippen molar-refractivity contribution < 1.29 is 23.7 Å². The molecular weight excluding hydrogens is 260 g/mol. The Morgan fingerprint density at radius 3 is 2.60 bits per heavy atom. The van der Waals surface area contributed by atoms with Crippen LogP contribution >= 0.6 is 0 Å². The number of carbonyl (C=O) groups excluding carboxylic acids is 1. The Bertz CT molecular complexity index is 499. The lowest BCUT2D eigenvalue weighted by molar-refractivity contribution is -0.144. The van der Waals surface area contributed by atoms with Crippen LogP contribution in [0.5, 0.6) is 11.5 Å². The van der Waals surface area contributed by atoms with Crippen LogP contribution < -0.4 is 9.47 Å². The van der Waals surface area contributed by atoms with Crippen molar-refractivity contribution in [1.82, 2.24) is 0 Å². The number of benzene rings is 1. The fourth-order valence-corrected chi connectivity index (χ4v) is 2.52. The molecule has 0 aromatic heterocycles. The lowest BCUT2D eigenvalue weighted by Crippen LogP contribution is -2.21. The lowest BCUT2D eigenvalue weighted by Gasteiger charge is -2.17. The number of methoxy groups -OCH3 is 2. The monoisotopic (exact) mass is 280 g/mol. The number of esters is 1. The first-order chi connectivity index (χ1) is 9.64. The van der Waals surface area contributed by atoms with Crippen molar-refractivity contribution in [3.8, 4) is 11.5 Å². The lowest BCUT2D eigenvalue weighted by atomic mass is 9.91. The SMILES string of the molecule is CCOC(=O)C1OC1(CC)c1cccc(OC)c1OC. The van der Waals surface area contributed by atoms with E-state index >= 15 is 0 Å². The van der Waals surface area contributed by atoms with Gasteiger partial charge in [-0.3, -0.25) is 0 Å². The maximum absolute atomic E-state index is 11.9. The summed E-state index contributed by atoms with van der Waals surface area (Å²) in [5.41, 5.74) is 0.145. The van der Waals surface area contributed by atoms with Crippen LogP contribution in [-0.2, 0) is 19.9 Å². The van der Waals surface area contributed by atoms with Crippen molar-refractivity contribution in [3.05, 3.63) is 23.8 Å². The normalized spacial score (nSPS) is 24.1. The van der Waals surface area contributed by atoms with Crippen LogP contribution in [0.15, 0.2) is 18.2 Å². The maximum atomic E-state index is 11.9. The summed E-state index contributed by atoms with van der Waals surface area (Å²) in [7, 11) is 3.16. The summed E-state index contributed by atoms with van der Waals surface area (Å²) in [5, 5.41) is 0. The molecule has 1 aliphatic rings. The van der Waals surface area contributed by atoms with Crippen molar-refractivity contribution in [2.24, 2.45) is 0 Å². The number of hydrogen-bond donors (Lipinski definition) is 0. The quantitative estimate of drug-likeness (QED) is 0.591. The molecule has 0 bridgehead atoms. The summed E-state index contributed by atoms with van der Waals surface area (Å²) < 4.78 is 21.4. The summed E-state index contributed by atoms with van der Waals surface area (Å²) in [6.45, 7) is 4.09. The van der Waals surface area contributed by atoms with E-state index in [1.165, 1.54) is 0 Å². The van der Waals surface area contributed by atoms with Crippen molar-refractivity contribution >= 4 is 5.97 Å². The van der Waals surface area contributed by atoms with Gasteiger partial charge >= 0.3 is 5.97 Å². The fourth-order valence-electron chi connectivity index (χ4n) is 2.52. The Balaban J connectivity index is 2.37. The molecular formula is C15H20O5. The Labute approximate surface area is 118 Å². The van der Waals surface area contributed by atoms with Crippen LogP contribution in [0.1, 0.15) is 25.8 Å². The molecule has 110 valence electrons. The third-order valence-electron chi connectivity index (χ3n) is 3.58. The van der Waals surface area contributed by atoms with Crippen LogP contribution in [0.25, 0.3) is 0 Å². The van der Waals surface area contributed by atoms with Gasteiger partial charge in [0.05, 0.1) is 20.8 Å². The average molecular weight is 280 g/mol. The van der Waals surface area contributed by atoms with Gasteiger partial charge in [0.15, 0.2) is 17.6 Å². The number of epoxide rings is 1. The predicted octanol–water partition coefficient (Wildman–Crippen LogP) is 2.27. The molecule has 0 spiro atoms. The molecule has 20 heavy (non-hydrogen) atoms. The number of hydrogen-bond acceptors (Lipinski definition) is 5. The molecule has 2 atom stereocenters. The van der Waals surface area contributed by atoms with Gasteiger partial charge in [-0.05, 0) is 19.4 Å². The molecule has 2 unspecified atom stereocenters. The van der Waals surface area contributed by atoms with Crippen LogP contribution in [0, 0.1) is 0 Å². The van der Waals surface area contributed by atoms with Crippen molar-refractivity contribution in [3.63, 3.8) is 0 Å². The van der Waals surface area contributed by atoms with Crippen LogP contribution in [0.3, 0.4) is 0 Å². The second kappa shape index (κ2) is 5.71. The first-order valence-corrected chi connectivity index (χ1v) is 6.70. The Morgan fingerprint density at radius 2 is 2.05 bits per heavy atom. The van der Waals surface area contributed by atoms with Crippen molar-refractivity contribution in [2.45, 2.75) is 32.0 Å². The van der Waals surface area contributed by atoms with E-state index in [0.717, 1.165) is 5.56 Å². The molecule has 1 heterocycles. The highest BCUT2D eigenvalue weighted by Crippen LogP contribution is 2.54. The predicted molar refractivity (Wildman–Crippen MR) is 73.0 cm³/mol. The maximum Gasteiger partial charge on any atom is 0.338 e. The van der Waals surface area contributed by atoms with E-state index in [2.05, 4.69) is 0 Å². The first kappa shape index (κ1) is 14.7. The average Bonchev–Trinajstić information content (AvgIpc) is 3.22. The minimum absolute atomic E-state index is 0.334. The molecule has 1 aliphatic heterocycles. The van der Waals surface area contributed by atoms with E-state index in [1.54, 1.807) is 21.1 Å². The second-order valence-corrected chi connectivity index (χ2v) is 4.53. The van der Waals surface area contributed by atoms with E-state index in [1.807, 2.05) is 25.1 Å². The molecule has 0 radical (unpaired) electrons. The van der Waals surface area contributed by atoms with E-state index in [4.69, 9.17) is 18.9 Å². The molecule has 1 fully saturated rings. The zero-order chi connectivity index (χ0) is 14.8. The summed E-state index contributed by atoms with van der Waals surface area (Å²) >= 11 is 0. The van der Waals surface area contributed by atoms with E-state index in [9.17, 15) is 4.79 Å². The number of rotatable bonds is 6. The molecule has 0 N–H and O–H groups in total. The van der Waals surface area contributed by atoms with Gasteiger partial charge in [-0.25, -0.2) is 4.79 Å². The summed E-state index contributed by atoms with van der Waals surface area (Å²) in [6, 6.07) is 5.56. The summed E-state index contributed by atoms with van der Waals surface area (Å²) in [4.78, 5) is 11.9. The van der Waals surface area contributed by atoms with Crippen LogP contribution in [0.2, 0.25) is 0 Å². The van der Waals surface area contributed by atoms with Gasteiger partial charge in [-0.15, -0.1) is 0 Å². The van der Waals surface area contributed by atoms with E-state index in [0.29, 0.717) is 24.5 Å². The topological polar surface area (TPSA) is 57.3 Å². The number of para-hydroxylation sites is 1. The molecule has 5 heteroatoms. The Morgan fingerprint density at radius 1 is 1.30 bits per heavy atom. The van der Waals surface area contributed by atoms with Crippen LogP contribution in [0.4, 0.5) is 0 Å². The minimum atomic E-state index is -0.674. The molecule has 1 saturated heterocycles. The number of carbonyl (C=O) groups is 1. The second-order valence-electron chi connectivity index (χ2n) is 4.53. The Hall–Kier alpha value is -1.75. The van der Waals surface area contributed by atoms with Gasteiger partial charge in [0.2, 0.25) is 0 Å². The van der Waals surface area contributed by atoms with Crippen LogP contribution in [-0.4, -0.2) is 32.9 Å². The van der Waals surface area contributed by atoms with Crippen molar-refractivity contribution in [2.75, 3.05) is 20.8 Å². The zero-order valence-corrected chi connectivity index (χ0v) is 12.3. The summed E-state index contributed by atoms with van der Waals surface area (Å²) in [5.74, 6) is 0.888. The van der Waals surface area contributed by atoms with Gasteiger partial charge < -0.3 is 18.9 Å². The van der Waals surface area contributed by atoms with E-state index in [-0.39, 0.29) is 5.97 Å². The van der Waals surface area contributed by atoms with Gasteiger partial charge in [-0.1, -0.05) is 19.1 Å². The van der Waals surface area contributed by atoms with Gasteiger partial charge in [0.1, 0.15) is 5.60 Å². The zero-order valence-electron chi connectivity index (χ0n) is 12.3. The third kappa shape index (κ3) is 2.22. The molecule has 1 aromatic carbocycles. The number of ether oxygens (including phenoxy) is 4. The Kier molecular flexibility index (Phi) is 4.18. The molecule has 2 rings (SSSR count). The highest BCUT2D eigenvalue weighted by Gasteiger charge is 2.63. The summed E-state index contributed by atoms with van der Waals surface area (Å²) in [6.07, 6.45) is 0.0773.